The summed E-state index contributed by atoms with van der Waals surface area (Å²) in [5, 5.41) is 13.2. The van der Waals surface area contributed by atoms with Crippen molar-refractivity contribution in [2.75, 3.05) is 0 Å². The van der Waals surface area contributed by atoms with Crippen LogP contribution < -0.4 is 5.32 Å². The van der Waals surface area contributed by atoms with E-state index in [9.17, 15) is 5.11 Å². The zero-order valence-electron chi connectivity index (χ0n) is 10.6. The number of aryl methyl sites for hydroxylation is 1. The van der Waals surface area contributed by atoms with Gasteiger partial charge in [-0.25, -0.2) is 0 Å². The third kappa shape index (κ3) is 3.70. The fourth-order valence-corrected chi connectivity index (χ4v) is 2.46. The van der Waals surface area contributed by atoms with Crippen LogP contribution in [0.2, 0.25) is 0 Å². The molecule has 0 radical (unpaired) electrons. The number of aromatic hydroxyl groups is 1. The summed E-state index contributed by atoms with van der Waals surface area (Å²) in [5.74, 6) is 0.303. The second kappa shape index (κ2) is 6.01. The summed E-state index contributed by atoms with van der Waals surface area (Å²) in [4.78, 5) is 4.37. The summed E-state index contributed by atoms with van der Waals surface area (Å²) in [7, 11) is 0. The molecule has 0 amide bonds. The summed E-state index contributed by atoms with van der Waals surface area (Å²) in [5.41, 5.74) is 1.73. The fourth-order valence-electron chi connectivity index (χ4n) is 2.46. The van der Waals surface area contributed by atoms with Gasteiger partial charge >= 0.3 is 0 Å². The Morgan fingerprint density at radius 2 is 1.94 bits per heavy atom. The second-order valence-corrected chi connectivity index (χ2v) is 4.99. The van der Waals surface area contributed by atoms with Crippen molar-refractivity contribution >= 4 is 0 Å². The zero-order chi connectivity index (χ0) is 12.1. The lowest BCUT2D eigenvalue weighted by Crippen LogP contribution is -2.28. The van der Waals surface area contributed by atoms with Crippen molar-refractivity contribution < 1.29 is 5.11 Å². The van der Waals surface area contributed by atoms with Gasteiger partial charge in [-0.2, -0.15) is 0 Å². The van der Waals surface area contributed by atoms with Gasteiger partial charge in [0.05, 0.1) is 5.69 Å². The van der Waals surface area contributed by atoms with E-state index < -0.39 is 0 Å². The molecular formula is C14H22N2O. The highest BCUT2D eigenvalue weighted by Gasteiger charge is 2.12. The average molecular weight is 234 g/mol. The lowest BCUT2D eigenvalue weighted by atomic mass is 10.1. The largest absolute Gasteiger partial charge is 0.506 e. The van der Waals surface area contributed by atoms with Gasteiger partial charge in [0.15, 0.2) is 0 Å². The number of nitrogens with one attached hydrogen (secondary N) is 1. The molecule has 1 aliphatic carbocycles. The first-order valence-electron chi connectivity index (χ1n) is 6.64. The van der Waals surface area contributed by atoms with Gasteiger partial charge in [-0.05, 0) is 31.9 Å². The van der Waals surface area contributed by atoms with Crippen LogP contribution in [0.4, 0.5) is 0 Å². The van der Waals surface area contributed by atoms with E-state index >= 15 is 0 Å². The molecule has 1 saturated carbocycles. The van der Waals surface area contributed by atoms with Crippen LogP contribution in [0.1, 0.15) is 49.9 Å². The van der Waals surface area contributed by atoms with E-state index in [1.54, 1.807) is 6.07 Å². The first-order valence-corrected chi connectivity index (χ1v) is 6.64. The minimum atomic E-state index is 0.303. The molecule has 1 aromatic heterocycles. The van der Waals surface area contributed by atoms with Crippen LogP contribution in [-0.4, -0.2) is 16.1 Å². The average Bonchev–Trinajstić information content (AvgIpc) is 2.59. The Morgan fingerprint density at radius 1 is 1.24 bits per heavy atom. The van der Waals surface area contributed by atoms with Crippen molar-refractivity contribution in [3.05, 3.63) is 23.5 Å². The Morgan fingerprint density at radius 3 is 2.65 bits per heavy atom. The van der Waals surface area contributed by atoms with Crippen molar-refractivity contribution in [1.29, 1.82) is 0 Å². The Kier molecular flexibility index (Phi) is 4.37. The molecule has 1 aromatic rings. The Labute approximate surface area is 103 Å². The van der Waals surface area contributed by atoms with E-state index in [1.165, 1.54) is 38.5 Å². The SMILES string of the molecule is Cc1ccc(O)c(CNC2CCCCCC2)n1. The maximum absolute atomic E-state index is 9.72. The predicted molar refractivity (Wildman–Crippen MR) is 69.0 cm³/mol. The van der Waals surface area contributed by atoms with Crippen molar-refractivity contribution in [1.82, 2.24) is 10.3 Å². The van der Waals surface area contributed by atoms with Crippen molar-refractivity contribution in [2.45, 2.75) is 58.0 Å². The van der Waals surface area contributed by atoms with Gasteiger partial charge in [0.1, 0.15) is 5.75 Å². The molecule has 1 fully saturated rings. The summed E-state index contributed by atoms with van der Waals surface area (Å²) in [6, 6.07) is 4.16. The number of hydrogen-bond donors (Lipinski definition) is 2. The quantitative estimate of drug-likeness (QED) is 0.790. The molecule has 3 heteroatoms. The minimum absolute atomic E-state index is 0.303. The first kappa shape index (κ1) is 12.4. The molecule has 0 bridgehead atoms. The van der Waals surface area contributed by atoms with Crippen LogP contribution in [-0.2, 0) is 6.54 Å². The molecule has 2 rings (SSSR count). The molecule has 0 aliphatic heterocycles. The summed E-state index contributed by atoms with van der Waals surface area (Å²) in [6.07, 6.45) is 7.90. The number of hydrogen-bond acceptors (Lipinski definition) is 3. The maximum atomic E-state index is 9.72. The molecular weight excluding hydrogens is 212 g/mol. The molecule has 0 saturated heterocycles. The van der Waals surface area contributed by atoms with Crippen LogP contribution in [0.5, 0.6) is 5.75 Å². The van der Waals surface area contributed by atoms with E-state index in [0.29, 0.717) is 18.3 Å². The van der Waals surface area contributed by atoms with Gasteiger partial charge in [0.2, 0.25) is 0 Å². The normalized spacial score (nSPS) is 17.9. The van der Waals surface area contributed by atoms with E-state index in [4.69, 9.17) is 0 Å². The predicted octanol–water partition coefficient (Wildman–Crippen LogP) is 2.91. The van der Waals surface area contributed by atoms with Crippen LogP contribution >= 0.6 is 0 Å². The van der Waals surface area contributed by atoms with Crippen molar-refractivity contribution in [3.63, 3.8) is 0 Å². The maximum Gasteiger partial charge on any atom is 0.138 e. The highest BCUT2D eigenvalue weighted by atomic mass is 16.3. The van der Waals surface area contributed by atoms with Gasteiger partial charge < -0.3 is 10.4 Å². The van der Waals surface area contributed by atoms with Gasteiger partial charge in [0, 0.05) is 18.3 Å². The van der Waals surface area contributed by atoms with E-state index in [0.717, 1.165) is 11.4 Å². The van der Waals surface area contributed by atoms with Gasteiger partial charge in [-0.1, -0.05) is 25.7 Å². The number of rotatable bonds is 3. The third-order valence-corrected chi connectivity index (χ3v) is 3.50. The third-order valence-electron chi connectivity index (χ3n) is 3.50. The van der Waals surface area contributed by atoms with Gasteiger partial charge in [-0.15, -0.1) is 0 Å². The van der Waals surface area contributed by atoms with Crippen LogP contribution in [0, 0.1) is 6.92 Å². The molecule has 1 aliphatic rings. The molecule has 2 N–H and O–H groups in total. The molecule has 1 heterocycles. The molecule has 17 heavy (non-hydrogen) atoms. The standard InChI is InChI=1S/C14H22N2O/c1-11-8-9-14(17)13(16-11)10-15-12-6-4-2-3-5-7-12/h8-9,12,15,17H,2-7,10H2,1H3. The number of nitrogens with zero attached hydrogens (tertiary/aromatic N) is 1. The van der Waals surface area contributed by atoms with E-state index in [-0.39, 0.29) is 0 Å². The monoisotopic (exact) mass is 234 g/mol. The topological polar surface area (TPSA) is 45.1 Å². The Balaban J connectivity index is 1.89. The van der Waals surface area contributed by atoms with E-state index in [2.05, 4.69) is 10.3 Å². The molecule has 0 atom stereocenters. The molecule has 3 nitrogen and oxygen atoms in total. The summed E-state index contributed by atoms with van der Waals surface area (Å²) >= 11 is 0. The van der Waals surface area contributed by atoms with Crippen molar-refractivity contribution in [2.24, 2.45) is 0 Å². The second-order valence-electron chi connectivity index (χ2n) is 4.99. The fraction of sp³-hybridized carbons (Fsp3) is 0.643. The summed E-state index contributed by atoms with van der Waals surface area (Å²) in [6.45, 7) is 2.63. The smallest absolute Gasteiger partial charge is 0.138 e. The lowest BCUT2D eigenvalue weighted by Gasteiger charge is -2.16. The van der Waals surface area contributed by atoms with Crippen LogP contribution in [0.3, 0.4) is 0 Å². The molecule has 0 unspecified atom stereocenters. The number of pyridine rings is 1. The Bertz CT molecular complexity index is 357. The van der Waals surface area contributed by atoms with Gasteiger partial charge in [-0.3, -0.25) is 4.98 Å². The molecule has 94 valence electrons. The minimum Gasteiger partial charge on any atom is -0.506 e. The molecule has 0 aromatic carbocycles. The first-order chi connectivity index (χ1) is 8.25. The Hall–Kier alpha value is -1.09. The van der Waals surface area contributed by atoms with Crippen LogP contribution in [0.15, 0.2) is 12.1 Å². The molecule has 0 spiro atoms. The zero-order valence-corrected chi connectivity index (χ0v) is 10.6. The lowest BCUT2D eigenvalue weighted by molar-refractivity contribution is 0.431. The van der Waals surface area contributed by atoms with E-state index in [1.807, 2.05) is 13.0 Å². The summed E-state index contributed by atoms with van der Waals surface area (Å²) < 4.78 is 0. The van der Waals surface area contributed by atoms with Crippen LogP contribution in [0.25, 0.3) is 0 Å². The highest BCUT2D eigenvalue weighted by Crippen LogP contribution is 2.19. The number of aromatic nitrogens is 1. The highest BCUT2D eigenvalue weighted by molar-refractivity contribution is 5.27. The van der Waals surface area contributed by atoms with Gasteiger partial charge in [0.25, 0.3) is 0 Å². The van der Waals surface area contributed by atoms with Crippen molar-refractivity contribution in [3.8, 4) is 5.75 Å².